The van der Waals surface area contributed by atoms with Gasteiger partial charge in [-0.3, -0.25) is 5.41 Å². The molecule has 2 rings (SSSR count). The van der Waals surface area contributed by atoms with Gasteiger partial charge in [-0.25, -0.2) is 4.68 Å². The summed E-state index contributed by atoms with van der Waals surface area (Å²) < 4.78 is 1.82. The highest BCUT2D eigenvalue weighted by Gasteiger charge is 2.16. The molecule has 0 amide bonds. The number of nitrogens with two attached hydrogens (primary N) is 1. The molecule has 0 aliphatic carbocycles. The molecule has 1 aromatic heterocycles. The van der Waals surface area contributed by atoms with E-state index in [0.29, 0.717) is 11.7 Å². The highest BCUT2D eigenvalue weighted by atomic mass is 15.4. The van der Waals surface area contributed by atoms with Crippen molar-refractivity contribution in [2.75, 3.05) is 13.1 Å². The van der Waals surface area contributed by atoms with Gasteiger partial charge in [-0.2, -0.15) is 0 Å². The van der Waals surface area contributed by atoms with Crippen molar-refractivity contribution in [3.05, 3.63) is 11.9 Å². The number of hydrogen-bond donors (Lipinski definition) is 3. The maximum absolute atomic E-state index is 7.21. The molecule has 1 aliphatic heterocycles. The average molecular weight is 194 g/mol. The molecule has 0 bridgehead atoms. The van der Waals surface area contributed by atoms with Crippen molar-refractivity contribution in [3.8, 4) is 0 Å². The Labute approximate surface area is 82.0 Å². The molecular weight excluding hydrogens is 180 g/mol. The largest absolute Gasteiger partial charge is 0.382 e. The van der Waals surface area contributed by atoms with Crippen LogP contribution in [0, 0.1) is 5.41 Å². The van der Waals surface area contributed by atoms with Gasteiger partial charge in [-0.05, 0) is 25.9 Å². The van der Waals surface area contributed by atoms with Crippen LogP contribution in [0.5, 0.6) is 0 Å². The zero-order valence-corrected chi connectivity index (χ0v) is 7.90. The van der Waals surface area contributed by atoms with Crippen LogP contribution in [0.2, 0.25) is 0 Å². The maximum Gasteiger partial charge on any atom is 0.147 e. The van der Waals surface area contributed by atoms with E-state index >= 15 is 0 Å². The van der Waals surface area contributed by atoms with Gasteiger partial charge < -0.3 is 11.1 Å². The van der Waals surface area contributed by atoms with Crippen LogP contribution in [0.4, 0.5) is 0 Å². The summed E-state index contributed by atoms with van der Waals surface area (Å²) in [6, 6.07) is 0.400. The van der Waals surface area contributed by atoms with E-state index in [1.807, 2.05) is 4.68 Å². The van der Waals surface area contributed by atoms with E-state index in [2.05, 4.69) is 15.6 Å². The predicted octanol–water partition coefficient (Wildman–Crippen LogP) is -0.513. The second-order valence-corrected chi connectivity index (χ2v) is 3.48. The van der Waals surface area contributed by atoms with Crippen LogP contribution in [0.25, 0.3) is 0 Å². The molecule has 1 aliphatic rings. The van der Waals surface area contributed by atoms with Crippen molar-refractivity contribution in [3.63, 3.8) is 0 Å². The molecule has 0 radical (unpaired) electrons. The number of hydrogen-bond acceptors (Lipinski definition) is 4. The molecule has 6 heteroatoms. The second kappa shape index (κ2) is 3.75. The van der Waals surface area contributed by atoms with Crippen molar-refractivity contribution in [1.82, 2.24) is 20.3 Å². The Morgan fingerprint density at radius 3 is 2.86 bits per heavy atom. The van der Waals surface area contributed by atoms with Gasteiger partial charge in [0, 0.05) is 0 Å². The molecule has 2 heterocycles. The lowest BCUT2D eigenvalue weighted by molar-refractivity contribution is 0.337. The average Bonchev–Trinajstić information content (AvgIpc) is 2.68. The van der Waals surface area contributed by atoms with E-state index in [-0.39, 0.29) is 5.84 Å². The van der Waals surface area contributed by atoms with Crippen molar-refractivity contribution in [1.29, 1.82) is 5.41 Å². The molecule has 14 heavy (non-hydrogen) atoms. The zero-order valence-electron chi connectivity index (χ0n) is 7.90. The molecule has 0 unspecified atom stereocenters. The fraction of sp³-hybridized carbons (Fsp3) is 0.625. The van der Waals surface area contributed by atoms with Crippen LogP contribution >= 0.6 is 0 Å². The number of piperidine rings is 1. The minimum absolute atomic E-state index is 0.0230. The smallest absolute Gasteiger partial charge is 0.147 e. The first-order valence-corrected chi connectivity index (χ1v) is 4.74. The predicted molar refractivity (Wildman–Crippen MR) is 52.2 cm³/mol. The monoisotopic (exact) mass is 194 g/mol. The lowest BCUT2D eigenvalue weighted by Gasteiger charge is -2.22. The number of aromatic nitrogens is 3. The minimum atomic E-state index is -0.0230. The Balaban J connectivity index is 2.11. The molecule has 0 aromatic carbocycles. The maximum atomic E-state index is 7.21. The molecule has 4 N–H and O–H groups in total. The Bertz CT molecular complexity index is 324. The van der Waals surface area contributed by atoms with Crippen LogP contribution in [-0.2, 0) is 0 Å². The second-order valence-electron chi connectivity index (χ2n) is 3.48. The SMILES string of the molecule is N=C(N)c1cn(C2CCNCC2)nn1. The summed E-state index contributed by atoms with van der Waals surface area (Å²) in [6.45, 7) is 2.03. The summed E-state index contributed by atoms with van der Waals surface area (Å²) in [5, 5.41) is 18.3. The van der Waals surface area contributed by atoms with Crippen molar-refractivity contribution < 1.29 is 0 Å². The molecule has 1 aromatic rings. The van der Waals surface area contributed by atoms with Gasteiger partial charge in [0.1, 0.15) is 11.5 Å². The van der Waals surface area contributed by atoms with E-state index in [1.54, 1.807) is 6.20 Å². The fourth-order valence-corrected chi connectivity index (χ4v) is 1.65. The lowest BCUT2D eigenvalue weighted by atomic mass is 10.1. The molecule has 0 saturated carbocycles. The van der Waals surface area contributed by atoms with Crippen LogP contribution in [-0.4, -0.2) is 33.9 Å². The molecule has 6 nitrogen and oxygen atoms in total. The van der Waals surface area contributed by atoms with Crippen molar-refractivity contribution in [2.45, 2.75) is 18.9 Å². The first kappa shape index (κ1) is 9.14. The van der Waals surface area contributed by atoms with Crippen LogP contribution < -0.4 is 11.1 Å². The van der Waals surface area contributed by atoms with E-state index in [9.17, 15) is 0 Å². The Morgan fingerprint density at radius 1 is 1.57 bits per heavy atom. The van der Waals surface area contributed by atoms with Crippen LogP contribution in [0.1, 0.15) is 24.6 Å². The highest BCUT2D eigenvalue weighted by molar-refractivity contribution is 5.92. The minimum Gasteiger partial charge on any atom is -0.382 e. The van der Waals surface area contributed by atoms with Gasteiger partial charge in [0.25, 0.3) is 0 Å². The molecule has 1 saturated heterocycles. The third-order valence-corrected chi connectivity index (χ3v) is 2.47. The Kier molecular flexibility index (Phi) is 2.45. The fourth-order valence-electron chi connectivity index (χ4n) is 1.65. The van der Waals surface area contributed by atoms with Crippen molar-refractivity contribution >= 4 is 5.84 Å². The first-order chi connectivity index (χ1) is 6.77. The number of nitrogen functional groups attached to an aromatic ring is 1. The molecule has 76 valence electrons. The standard InChI is InChI=1S/C8H14N6/c9-8(10)7-5-14(13-12-7)6-1-3-11-4-2-6/h5-6,11H,1-4H2,(H3,9,10). The van der Waals surface area contributed by atoms with Crippen LogP contribution in [0.3, 0.4) is 0 Å². The summed E-state index contributed by atoms with van der Waals surface area (Å²) in [5.74, 6) is -0.0230. The van der Waals surface area contributed by atoms with E-state index in [1.165, 1.54) is 0 Å². The summed E-state index contributed by atoms with van der Waals surface area (Å²) >= 11 is 0. The van der Waals surface area contributed by atoms with Gasteiger partial charge in [0.15, 0.2) is 0 Å². The third kappa shape index (κ3) is 1.74. The quantitative estimate of drug-likeness (QED) is 0.436. The number of nitrogens with one attached hydrogen (secondary N) is 2. The third-order valence-electron chi connectivity index (χ3n) is 2.47. The summed E-state index contributed by atoms with van der Waals surface area (Å²) in [5.41, 5.74) is 5.77. The highest BCUT2D eigenvalue weighted by Crippen LogP contribution is 2.16. The molecule has 1 fully saturated rings. The lowest BCUT2D eigenvalue weighted by Crippen LogP contribution is -2.29. The van der Waals surface area contributed by atoms with Crippen LogP contribution in [0.15, 0.2) is 6.20 Å². The number of amidine groups is 1. The Morgan fingerprint density at radius 2 is 2.29 bits per heavy atom. The van der Waals surface area contributed by atoms with Crippen molar-refractivity contribution in [2.24, 2.45) is 5.73 Å². The number of rotatable bonds is 2. The summed E-state index contributed by atoms with van der Waals surface area (Å²) in [6.07, 6.45) is 3.86. The molecule has 0 spiro atoms. The molecular formula is C8H14N6. The van der Waals surface area contributed by atoms with Gasteiger partial charge in [0.2, 0.25) is 0 Å². The van der Waals surface area contributed by atoms with E-state index in [4.69, 9.17) is 11.1 Å². The molecule has 0 atom stereocenters. The topological polar surface area (TPSA) is 92.6 Å². The summed E-state index contributed by atoms with van der Waals surface area (Å²) in [4.78, 5) is 0. The van der Waals surface area contributed by atoms with Gasteiger partial charge in [0.05, 0.1) is 12.2 Å². The summed E-state index contributed by atoms with van der Waals surface area (Å²) in [7, 11) is 0. The Hall–Kier alpha value is -1.43. The van der Waals surface area contributed by atoms with E-state index in [0.717, 1.165) is 25.9 Å². The normalized spacial score (nSPS) is 18.3. The van der Waals surface area contributed by atoms with E-state index < -0.39 is 0 Å². The van der Waals surface area contributed by atoms with Gasteiger partial charge in [-0.15, -0.1) is 5.10 Å². The zero-order chi connectivity index (χ0) is 9.97. The first-order valence-electron chi connectivity index (χ1n) is 4.74. The number of nitrogens with zero attached hydrogens (tertiary/aromatic N) is 3. The van der Waals surface area contributed by atoms with Gasteiger partial charge in [-0.1, -0.05) is 5.21 Å². The van der Waals surface area contributed by atoms with Gasteiger partial charge >= 0.3 is 0 Å².